The second kappa shape index (κ2) is 4.13. The van der Waals surface area contributed by atoms with Gasteiger partial charge in [0, 0.05) is 18.8 Å². The van der Waals surface area contributed by atoms with Crippen LogP contribution in [0.1, 0.15) is 17.5 Å². The number of hydrogen-bond donors (Lipinski definition) is 1. The Morgan fingerprint density at radius 3 is 3.06 bits per heavy atom. The fourth-order valence-corrected chi connectivity index (χ4v) is 2.37. The number of benzene rings is 1. The van der Waals surface area contributed by atoms with Gasteiger partial charge in [-0.1, -0.05) is 23.4 Å². The Bertz CT molecular complexity index is 521. The number of nitrogen functional groups attached to an aromatic ring is 1. The molecule has 17 heavy (non-hydrogen) atoms. The Hall–Kier alpha value is -1.97. The van der Waals surface area contributed by atoms with Gasteiger partial charge < -0.3 is 15.2 Å². The normalized spacial score (nSPS) is 14.7. The minimum absolute atomic E-state index is 0.424. The lowest BCUT2D eigenvalue weighted by Gasteiger charge is -2.30. The first-order valence-corrected chi connectivity index (χ1v) is 5.86. The molecule has 1 aliphatic rings. The predicted octanol–water partition coefficient (Wildman–Crippen LogP) is 2.21. The van der Waals surface area contributed by atoms with Crippen LogP contribution in [0.4, 0.5) is 11.6 Å². The van der Waals surface area contributed by atoms with Gasteiger partial charge in [-0.15, -0.1) is 0 Å². The largest absolute Gasteiger partial charge is 0.367 e. The van der Waals surface area contributed by atoms with Crippen molar-refractivity contribution in [2.75, 3.05) is 17.2 Å². The van der Waals surface area contributed by atoms with E-state index in [1.165, 1.54) is 17.7 Å². The summed E-state index contributed by atoms with van der Waals surface area (Å²) in [6.45, 7) is 1.83. The van der Waals surface area contributed by atoms with Crippen LogP contribution in [0.15, 0.2) is 35.0 Å². The van der Waals surface area contributed by atoms with E-state index in [-0.39, 0.29) is 0 Å². The smallest absolute Gasteiger partial charge is 0.227 e. The van der Waals surface area contributed by atoms with Crippen molar-refractivity contribution < 1.29 is 4.52 Å². The summed E-state index contributed by atoms with van der Waals surface area (Å²) < 4.78 is 4.90. The molecule has 0 saturated carbocycles. The lowest BCUT2D eigenvalue weighted by molar-refractivity contribution is 0.436. The number of fused-ring (bicyclic) bond motifs is 1. The van der Waals surface area contributed by atoms with Crippen LogP contribution in [0.2, 0.25) is 0 Å². The molecule has 0 saturated heterocycles. The number of nitrogens with two attached hydrogens (primary N) is 1. The van der Waals surface area contributed by atoms with Crippen LogP contribution in [0.5, 0.6) is 0 Å². The molecule has 1 aromatic carbocycles. The molecule has 4 nitrogen and oxygen atoms in total. The van der Waals surface area contributed by atoms with E-state index in [9.17, 15) is 0 Å². The number of nitrogens with zero attached hydrogens (tertiary/aromatic N) is 2. The molecule has 0 unspecified atom stereocenters. The van der Waals surface area contributed by atoms with Crippen LogP contribution in [0.25, 0.3) is 0 Å². The number of aryl methyl sites for hydroxylation is 1. The third kappa shape index (κ3) is 1.86. The summed E-state index contributed by atoms with van der Waals surface area (Å²) in [6, 6.07) is 8.53. The topological polar surface area (TPSA) is 55.3 Å². The molecule has 2 N–H and O–H groups in total. The Morgan fingerprint density at radius 2 is 2.24 bits per heavy atom. The fraction of sp³-hybridized carbons (Fsp3) is 0.308. The van der Waals surface area contributed by atoms with Crippen LogP contribution in [-0.4, -0.2) is 11.7 Å². The molecule has 1 aliphatic heterocycles. The van der Waals surface area contributed by atoms with Gasteiger partial charge in [-0.2, -0.15) is 0 Å². The van der Waals surface area contributed by atoms with E-state index in [0.29, 0.717) is 5.88 Å². The highest BCUT2D eigenvalue weighted by molar-refractivity contribution is 5.56. The fourth-order valence-electron chi connectivity index (χ4n) is 2.37. The van der Waals surface area contributed by atoms with Crippen molar-refractivity contribution in [2.24, 2.45) is 0 Å². The molecule has 0 radical (unpaired) electrons. The molecule has 0 spiro atoms. The Balaban J connectivity index is 1.88. The first-order chi connectivity index (χ1) is 8.34. The summed E-state index contributed by atoms with van der Waals surface area (Å²) >= 11 is 0. The number of para-hydroxylation sites is 1. The number of anilines is 2. The molecule has 1 aromatic heterocycles. The van der Waals surface area contributed by atoms with Crippen molar-refractivity contribution in [3.63, 3.8) is 0 Å². The summed E-state index contributed by atoms with van der Waals surface area (Å²) in [5.41, 5.74) is 9.40. The minimum atomic E-state index is 0.424. The zero-order chi connectivity index (χ0) is 11.7. The second-order valence-corrected chi connectivity index (χ2v) is 4.37. The molecule has 4 heteroatoms. The van der Waals surface area contributed by atoms with Crippen LogP contribution >= 0.6 is 0 Å². The Labute approximate surface area is 100 Å². The van der Waals surface area contributed by atoms with Crippen LogP contribution in [0, 0.1) is 0 Å². The molecule has 0 bridgehead atoms. The molecule has 0 aliphatic carbocycles. The average molecular weight is 229 g/mol. The van der Waals surface area contributed by atoms with Crippen molar-refractivity contribution >= 4 is 11.6 Å². The summed E-state index contributed by atoms with van der Waals surface area (Å²) in [7, 11) is 0. The quantitative estimate of drug-likeness (QED) is 0.857. The Kier molecular flexibility index (Phi) is 2.48. The maximum atomic E-state index is 5.72. The third-order valence-corrected chi connectivity index (χ3v) is 3.24. The van der Waals surface area contributed by atoms with E-state index in [0.717, 1.165) is 25.1 Å². The first kappa shape index (κ1) is 10.2. The van der Waals surface area contributed by atoms with Crippen molar-refractivity contribution in [3.05, 3.63) is 41.6 Å². The van der Waals surface area contributed by atoms with Gasteiger partial charge in [0.15, 0.2) is 0 Å². The Morgan fingerprint density at radius 1 is 1.35 bits per heavy atom. The maximum absolute atomic E-state index is 5.72. The van der Waals surface area contributed by atoms with Gasteiger partial charge in [-0.25, -0.2) is 0 Å². The average Bonchev–Trinajstić information content (AvgIpc) is 2.76. The summed E-state index contributed by atoms with van der Waals surface area (Å²) in [4.78, 5) is 2.34. The van der Waals surface area contributed by atoms with Crippen molar-refractivity contribution in [2.45, 2.75) is 19.4 Å². The van der Waals surface area contributed by atoms with E-state index in [4.69, 9.17) is 10.3 Å². The highest BCUT2D eigenvalue weighted by Crippen LogP contribution is 2.28. The number of aromatic nitrogens is 1. The van der Waals surface area contributed by atoms with Gasteiger partial charge in [0.05, 0.1) is 11.8 Å². The molecule has 2 heterocycles. The van der Waals surface area contributed by atoms with Crippen LogP contribution in [0.3, 0.4) is 0 Å². The zero-order valence-corrected chi connectivity index (χ0v) is 9.60. The van der Waals surface area contributed by atoms with E-state index in [1.54, 1.807) is 6.20 Å². The van der Waals surface area contributed by atoms with E-state index in [2.05, 4.69) is 34.3 Å². The molecule has 0 fully saturated rings. The van der Waals surface area contributed by atoms with E-state index >= 15 is 0 Å². The minimum Gasteiger partial charge on any atom is -0.367 e. The third-order valence-electron chi connectivity index (χ3n) is 3.24. The van der Waals surface area contributed by atoms with Gasteiger partial charge in [0.1, 0.15) is 0 Å². The molecular formula is C13H15N3O. The predicted molar refractivity (Wildman–Crippen MR) is 66.7 cm³/mol. The molecule has 0 atom stereocenters. The lowest BCUT2D eigenvalue weighted by Crippen LogP contribution is -2.28. The molecule has 3 rings (SSSR count). The van der Waals surface area contributed by atoms with Crippen molar-refractivity contribution in [1.29, 1.82) is 0 Å². The van der Waals surface area contributed by atoms with Gasteiger partial charge in [0.2, 0.25) is 5.88 Å². The monoisotopic (exact) mass is 229 g/mol. The van der Waals surface area contributed by atoms with Gasteiger partial charge in [-0.3, -0.25) is 0 Å². The molecule has 2 aromatic rings. The standard InChI is InChI=1S/C13H15N3O/c14-13-11(8-15-17-13)9-16-7-3-5-10-4-1-2-6-12(10)16/h1-2,4,6,8H,3,5,7,9,14H2. The molecule has 88 valence electrons. The van der Waals surface area contributed by atoms with Crippen molar-refractivity contribution in [3.8, 4) is 0 Å². The highest BCUT2D eigenvalue weighted by atomic mass is 16.5. The second-order valence-electron chi connectivity index (χ2n) is 4.37. The van der Waals surface area contributed by atoms with Crippen LogP contribution < -0.4 is 10.6 Å². The molecular weight excluding hydrogens is 214 g/mol. The van der Waals surface area contributed by atoms with Crippen LogP contribution in [-0.2, 0) is 13.0 Å². The van der Waals surface area contributed by atoms with Crippen molar-refractivity contribution in [1.82, 2.24) is 5.16 Å². The lowest BCUT2D eigenvalue weighted by atomic mass is 10.0. The first-order valence-electron chi connectivity index (χ1n) is 5.86. The number of hydrogen-bond acceptors (Lipinski definition) is 4. The SMILES string of the molecule is Nc1oncc1CN1CCCc2ccccc21. The van der Waals surface area contributed by atoms with E-state index < -0.39 is 0 Å². The summed E-state index contributed by atoms with van der Waals surface area (Å²) in [6.07, 6.45) is 4.04. The number of rotatable bonds is 2. The van der Waals surface area contributed by atoms with Gasteiger partial charge in [0.25, 0.3) is 0 Å². The zero-order valence-electron chi connectivity index (χ0n) is 9.60. The summed E-state index contributed by atoms with van der Waals surface area (Å²) in [5.74, 6) is 0.424. The molecule has 0 amide bonds. The van der Waals surface area contributed by atoms with Gasteiger partial charge in [-0.05, 0) is 24.5 Å². The van der Waals surface area contributed by atoms with E-state index in [1.807, 2.05) is 0 Å². The van der Waals surface area contributed by atoms with Gasteiger partial charge >= 0.3 is 0 Å². The summed E-state index contributed by atoms with van der Waals surface area (Å²) in [5, 5.41) is 3.72. The highest BCUT2D eigenvalue weighted by Gasteiger charge is 2.18. The maximum Gasteiger partial charge on any atom is 0.227 e.